The smallest absolute Gasteiger partial charge is 0.246 e. The van der Waals surface area contributed by atoms with E-state index in [2.05, 4.69) is 5.10 Å². The average molecular weight is 220 g/mol. The van der Waals surface area contributed by atoms with E-state index in [-0.39, 0.29) is 18.0 Å². The first-order chi connectivity index (χ1) is 7.66. The van der Waals surface area contributed by atoms with Crippen LogP contribution in [0.2, 0.25) is 0 Å². The summed E-state index contributed by atoms with van der Waals surface area (Å²) in [7, 11) is 0. The highest BCUT2D eigenvalue weighted by molar-refractivity contribution is 6.05. The molecule has 2 atom stereocenters. The second kappa shape index (κ2) is 3.31. The zero-order valence-electron chi connectivity index (χ0n) is 9.34. The summed E-state index contributed by atoms with van der Waals surface area (Å²) in [5, 5.41) is 4.28. The monoisotopic (exact) mass is 220 g/mol. The highest BCUT2D eigenvalue weighted by Crippen LogP contribution is 2.31. The molecule has 2 aliphatic rings. The van der Waals surface area contributed by atoms with Crippen molar-refractivity contribution in [1.82, 2.24) is 9.78 Å². The first kappa shape index (κ1) is 9.84. The Bertz CT molecular complexity index is 423. The lowest BCUT2D eigenvalue weighted by Crippen LogP contribution is -2.67. The van der Waals surface area contributed by atoms with Crippen molar-refractivity contribution in [3.63, 3.8) is 0 Å². The largest absolute Gasteiger partial charge is 0.318 e. The number of amides is 1. The van der Waals surface area contributed by atoms with Gasteiger partial charge in [-0.3, -0.25) is 9.48 Å². The Labute approximate surface area is 94.2 Å². The van der Waals surface area contributed by atoms with Crippen LogP contribution in [0.15, 0.2) is 12.4 Å². The maximum atomic E-state index is 11.6. The number of nitrogens with two attached hydrogens (primary N) is 1. The van der Waals surface area contributed by atoms with E-state index in [1.165, 1.54) is 12.8 Å². The maximum absolute atomic E-state index is 11.6. The van der Waals surface area contributed by atoms with Crippen molar-refractivity contribution in [2.24, 2.45) is 11.7 Å². The Hall–Kier alpha value is -1.36. The molecule has 2 unspecified atom stereocenters. The lowest BCUT2D eigenvalue weighted by atomic mass is 9.97. The molecular weight excluding hydrogens is 204 g/mol. The molecule has 1 aliphatic carbocycles. The summed E-state index contributed by atoms with van der Waals surface area (Å²) in [6.45, 7) is 2.94. The topological polar surface area (TPSA) is 64.2 Å². The molecule has 2 fully saturated rings. The van der Waals surface area contributed by atoms with Gasteiger partial charge in [0.25, 0.3) is 0 Å². The average Bonchev–Trinajstić information content (AvgIpc) is 2.98. The Morgan fingerprint density at radius 2 is 2.31 bits per heavy atom. The van der Waals surface area contributed by atoms with Gasteiger partial charge in [-0.05, 0) is 25.7 Å². The van der Waals surface area contributed by atoms with Crippen molar-refractivity contribution >= 4 is 11.6 Å². The molecule has 16 heavy (non-hydrogen) atoms. The second-order valence-corrected chi connectivity index (χ2v) is 4.84. The fourth-order valence-electron chi connectivity index (χ4n) is 2.15. The molecule has 0 radical (unpaired) electrons. The van der Waals surface area contributed by atoms with Gasteiger partial charge in [0, 0.05) is 12.7 Å². The number of aromatic nitrogens is 2. The van der Waals surface area contributed by atoms with Crippen LogP contribution < -0.4 is 10.6 Å². The van der Waals surface area contributed by atoms with E-state index in [0.717, 1.165) is 18.2 Å². The third-order valence-electron chi connectivity index (χ3n) is 3.49. The Morgan fingerprint density at radius 1 is 1.56 bits per heavy atom. The predicted molar refractivity (Wildman–Crippen MR) is 59.9 cm³/mol. The summed E-state index contributed by atoms with van der Waals surface area (Å²) in [6, 6.07) is -0.252. The van der Waals surface area contributed by atoms with E-state index in [9.17, 15) is 4.79 Å². The highest BCUT2D eigenvalue weighted by Gasteiger charge is 2.43. The normalized spacial score (nSPS) is 29.4. The number of β-lactam (4-membered cyclic amide) rings is 1. The Kier molecular flexibility index (Phi) is 2.04. The molecule has 5 nitrogen and oxygen atoms in total. The number of hydrogen-bond acceptors (Lipinski definition) is 3. The van der Waals surface area contributed by atoms with Crippen LogP contribution in [0.1, 0.15) is 19.8 Å². The van der Waals surface area contributed by atoms with Gasteiger partial charge in [0.2, 0.25) is 5.91 Å². The van der Waals surface area contributed by atoms with Crippen LogP contribution in [-0.2, 0) is 11.3 Å². The molecule has 2 N–H and O–H groups in total. The van der Waals surface area contributed by atoms with Gasteiger partial charge in [-0.15, -0.1) is 0 Å². The number of rotatable bonds is 3. The zero-order valence-corrected chi connectivity index (χ0v) is 9.34. The molecular formula is C11H16N4O. The Balaban J connectivity index is 1.74. The van der Waals surface area contributed by atoms with E-state index in [1.807, 2.05) is 17.8 Å². The quantitative estimate of drug-likeness (QED) is 0.748. The fraction of sp³-hybridized carbons (Fsp3) is 0.636. The van der Waals surface area contributed by atoms with Crippen LogP contribution in [0, 0.1) is 5.92 Å². The number of hydrogen-bond donors (Lipinski definition) is 1. The summed E-state index contributed by atoms with van der Waals surface area (Å²) in [5.41, 5.74) is 6.55. The van der Waals surface area contributed by atoms with E-state index in [0.29, 0.717) is 0 Å². The van der Waals surface area contributed by atoms with Gasteiger partial charge in [-0.2, -0.15) is 5.10 Å². The molecule has 86 valence electrons. The molecule has 2 heterocycles. The van der Waals surface area contributed by atoms with Crippen LogP contribution in [0.5, 0.6) is 0 Å². The molecule has 1 aliphatic heterocycles. The van der Waals surface area contributed by atoms with Gasteiger partial charge in [-0.1, -0.05) is 0 Å². The van der Waals surface area contributed by atoms with Crippen LogP contribution >= 0.6 is 0 Å². The number of carbonyl (C=O) groups excluding carboxylic acids is 1. The van der Waals surface area contributed by atoms with Gasteiger partial charge in [0.15, 0.2) is 0 Å². The minimum absolute atomic E-state index is 0.00141. The van der Waals surface area contributed by atoms with E-state index in [1.54, 1.807) is 11.1 Å². The van der Waals surface area contributed by atoms with Crippen molar-refractivity contribution in [2.45, 2.75) is 38.4 Å². The molecule has 0 bridgehead atoms. The Morgan fingerprint density at radius 3 is 2.94 bits per heavy atom. The number of carbonyl (C=O) groups is 1. The summed E-state index contributed by atoms with van der Waals surface area (Å²) < 4.78 is 1.93. The molecule has 3 rings (SSSR count). The molecule has 0 spiro atoms. The molecule has 1 aromatic rings. The van der Waals surface area contributed by atoms with Crippen molar-refractivity contribution in [1.29, 1.82) is 0 Å². The van der Waals surface area contributed by atoms with Gasteiger partial charge in [0.1, 0.15) is 6.04 Å². The van der Waals surface area contributed by atoms with Crippen molar-refractivity contribution in [3.05, 3.63) is 12.4 Å². The molecule has 1 amide bonds. The van der Waals surface area contributed by atoms with Crippen molar-refractivity contribution in [2.75, 3.05) is 4.90 Å². The highest BCUT2D eigenvalue weighted by atomic mass is 16.2. The summed E-state index contributed by atoms with van der Waals surface area (Å²) in [6.07, 6.45) is 6.31. The van der Waals surface area contributed by atoms with Gasteiger partial charge < -0.3 is 10.6 Å². The molecule has 1 aromatic heterocycles. The summed E-state index contributed by atoms with van der Waals surface area (Å²) >= 11 is 0. The maximum Gasteiger partial charge on any atom is 0.246 e. The number of anilines is 1. The molecule has 1 saturated heterocycles. The zero-order chi connectivity index (χ0) is 11.3. The standard InChI is InChI=1S/C11H16N4O/c1-7-10(12)11(16)15(7)9-4-13-14(6-9)5-8-2-3-8/h4,6-8,10H,2-3,5,12H2,1H3. The summed E-state index contributed by atoms with van der Waals surface area (Å²) in [4.78, 5) is 13.3. The van der Waals surface area contributed by atoms with E-state index >= 15 is 0 Å². The third-order valence-corrected chi connectivity index (χ3v) is 3.49. The number of nitrogens with zero attached hydrogens (tertiary/aromatic N) is 3. The van der Waals surface area contributed by atoms with E-state index < -0.39 is 0 Å². The lowest BCUT2D eigenvalue weighted by molar-refractivity contribution is -0.125. The van der Waals surface area contributed by atoms with Crippen LogP contribution in [0.25, 0.3) is 0 Å². The van der Waals surface area contributed by atoms with Crippen LogP contribution in [0.4, 0.5) is 5.69 Å². The third kappa shape index (κ3) is 1.43. The minimum Gasteiger partial charge on any atom is -0.318 e. The van der Waals surface area contributed by atoms with Crippen LogP contribution in [0.3, 0.4) is 0 Å². The van der Waals surface area contributed by atoms with Crippen LogP contribution in [-0.4, -0.2) is 27.8 Å². The lowest BCUT2D eigenvalue weighted by Gasteiger charge is -2.42. The van der Waals surface area contributed by atoms with Gasteiger partial charge >= 0.3 is 0 Å². The second-order valence-electron chi connectivity index (χ2n) is 4.84. The fourth-order valence-corrected chi connectivity index (χ4v) is 2.15. The first-order valence-corrected chi connectivity index (χ1v) is 5.78. The predicted octanol–water partition coefficient (Wildman–Crippen LogP) is 0.355. The van der Waals surface area contributed by atoms with Crippen molar-refractivity contribution in [3.8, 4) is 0 Å². The summed E-state index contributed by atoms with van der Waals surface area (Å²) in [5.74, 6) is 0.790. The van der Waals surface area contributed by atoms with E-state index in [4.69, 9.17) is 5.73 Å². The minimum atomic E-state index is -0.341. The SMILES string of the molecule is CC1C(N)C(=O)N1c1cnn(CC2CC2)c1. The molecule has 5 heteroatoms. The van der Waals surface area contributed by atoms with Crippen molar-refractivity contribution < 1.29 is 4.79 Å². The van der Waals surface area contributed by atoms with Gasteiger partial charge in [0.05, 0.1) is 17.9 Å². The van der Waals surface area contributed by atoms with Gasteiger partial charge in [-0.25, -0.2) is 0 Å². The molecule has 0 aromatic carbocycles. The molecule has 1 saturated carbocycles. The first-order valence-electron chi connectivity index (χ1n) is 5.78.